The van der Waals surface area contributed by atoms with E-state index >= 15 is 0 Å². The number of hydrogen-bond donors (Lipinski definition) is 1. The van der Waals surface area contributed by atoms with Crippen molar-refractivity contribution >= 4 is 0 Å². The lowest BCUT2D eigenvalue weighted by atomic mass is 10.1. The first-order valence-electron chi connectivity index (χ1n) is 8.33. The minimum absolute atomic E-state index is 0.0173. The quantitative estimate of drug-likeness (QED) is 0.417. The van der Waals surface area contributed by atoms with Gasteiger partial charge in [0.1, 0.15) is 0 Å². The van der Waals surface area contributed by atoms with Crippen LogP contribution >= 0.6 is 0 Å². The molecule has 1 N–H and O–H groups in total. The molecular weight excluding hydrogens is 276 g/mol. The largest absolute Gasteiger partial charge is 0.493 e. The number of hydrogen-bond acceptors (Lipinski definition) is 3. The van der Waals surface area contributed by atoms with Crippen molar-refractivity contribution in [3.8, 4) is 11.5 Å². The van der Waals surface area contributed by atoms with Crippen molar-refractivity contribution < 1.29 is 14.6 Å². The zero-order chi connectivity index (χ0) is 16.0. The van der Waals surface area contributed by atoms with Crippen molar-refractivity contribution in [3.05, 3.63) is 36.4 Å². The molecule has 0 aliphatic rings. The maximum absolute atomic E-state index is 9.11. The lowest BCUT2D eigenvalue weighted by Gasteiger charge is -2.11. The molecular formula is C19H30O3. The van der Waals surface area contributed by atoms with Crippen LogP contribution in [-0.2, 0) is 6.61 Å². The van der Waals surface area contributed by atoms with Gasteiger partial charge in [0, 0.05) is 0 Å². The summed E-state index contributed by atoms with van der Waals surface area (Å²) in [6, 6.07) is 5.55. The van der Waals surface area contributed by atoms with E-state index in [9.17, 15) is 0 Å². The van der Waals surface area contributed by atoms with E-state index in [-0.39, 0.29) is 6.61 Å². The second-order valence-electron chi connectivity index (χ2n) is 5.54. The molecule has 0 saturated carbocycles. The third-order valence-corrected chi connectivity index (χ3v) is 3.72. The van der Waals surface area contributed by atoms with E-state index in [4.69, 9.17) is 14.6 Å². The smallest absolute Gasteiger partial charge is 0.161 e. The number of unbranched alkanes of at least 4 members (excludes halogenated alkanes) is 7. The highest BCUT2D eigenvalue weighted by Gasteiger charge is 2.05. The van der Waals surface area contributed by atoms with Crippen LogP contribution < -0.4 is 9.47 Å². The number of methoxy groups -OCH3 is 1. The van der Waals surface area contributed by atoms with Crippen LogP contribution in [0, 0.1) is 0 Å². The minimum Gasteiger partial charge on any atom is -0.493 e. The van der Waals surface area contributed by atoms with E-state index in [2.05, 4.69) is 6.58 Å². The molecule has 0 fully saturated rings. The van der Waals surface area contributed by atoms with Crippen molar-refractivity contribution in [3.63, 3.8) is 0 Å². The number of benzene rings is 1. The van der Waals surface area contributed by atoms with Gasteiger partial charge < -0.3 is 14.6 Å². The summed E-state index contributed by atoms with van der Waals surface area (Å²) in [5.41, 5.74) is 0.834. The van der Waals surface area contributed by atoms with Crippen LogP contribution in [0.2, 0.25) is 0 Å². The van der Waals surface area contributed by atoms with E-state index in [1.54, 1.807) is 7.11 Å². The Bertz CT molecular complexity index is 415. The van der Waals surface area contributed by atoms with Crippen LogP contribution in [0.3, 0.4) is 0 Å². The van der Waals surface area contributed by atoms with Gasteiger partial charge in [-0.15, -0.1) is 6.58 Å². The molecule has 1 aromatic carbocycles. The predicted octanol–water partition coefficient (Wildman–Crippen LogP) is 4.87. The molecule has 0 atom stereocenters. The Kier molecular flexibility index (Phi) is 10.2. The van der Waals surface area contributed by atoms with Crippen LogP contribution in [0.4, 0.5) is 0 Å². The Morgan fingerprint density at radius 1 is 1.00 bits per heavy atom. The molecule has 3 heteroatoms. The second kappa shape index (κ2) is 12.1. The Labute approximate surface area is 135 Å². The van der Waals surface area contributed by atoms with Crippen LogP contribution in [0.25, 0.3) is 0 Å². The van der Waals surface area contributed by atoms with Gasteiger partial charge in [-0.3, -0.25) is 0 Å². The molecule has 22 heavy (non-hydrogen) atoms. The molecule has 0 heterocycles. The van der Waals surface area contributed by atoms with Gasteiger partial charge in [-0.25, -0.2) is 0 Å². The SMILES string of the molecule is C=CCCCCCCCCCOc1ccc(CO)cc1OC. The van der Waals surface area contributed by atoms with Gasteiger partial charge in [0.2, 0.25) is 0 Å². The average Bonchev–Trinajstić information content (AvgIpc) is 2.56. The van der Waals surface area contributed by atoms with Crippen molar-refractivity contribution in [1.82, 2.24) is 0 Å². The minimum atomic E-state index is 0.0173. The molecule has 1 aromatic rings. The molecule has 0 saturated heterocycles. The van der Waals surface area contributed by atoms with Crippen molar-refractivity contribution in [2.75, 3.05) is 13.7 Å². The highest BCUT2D eigenvalue weighted by Crippen LogP contribution is 2.28. The van der Waals surface area contributed by atoms with Crippen molar-refractivity contribution in [1.29, 1.82) is 0 Å². The fourth-order valence-electron chi connectivity index (χ4n) is 2.39. The van der Waals surface area contributed by atoms with Crippen LogP contribution in [0.1, 0.15) is 56.9 Å². The standard InChI is InChI=1S/C19H30O3/c1-3-4-5-6-7-8-9-10-11-14-22-18-13-12-17(16-20)15-19(18)21-2/h3,12-13,15,20H,1,4-11,14,16H2,2H3. The molecule has 1 rings (SSSR count). The molecule has 3 nitrogen and oxygen atoms in total. The normalized spacial score (nSPS) is 10.5. The Morgan fingerprint density at radius 3 is 2.32 bits per heavy atom. The topological polar surface area (TPSA) is 38.7 Å². The zero-order valence-electron chi connectivity index (χ0n) is 13.9. The van der Waals surface area contributed by atoms with E-state index in [0.29, 0.717) is 12.4 Å². The lowest BCUT2D eigenvalue weighted by Crippen LogP contribution is -2.00. The lowest BCUT2D eigenvalue weighted by molar-refractivity contribution is 0.274. The van der Waals surface area contributed by atoms with Gasteiger partial charge in [-0.2, -0.15) is 0 Å². The second-order valence-corrected chi connectivity index (χ2v) is 5.54. The van der Waals surface area contributed by atoms with Gasteiger partial charge >= 0.3 is 0 Å². The number of aliphatic hydroxyl groups is 1. The van der Waals surface area contributed by atoms with Gasteiger partial charge in [-0.05, 0) is 37.0 Å². The Morgan fingerprint density at radius 2 is 1.68 bits per heavy atom. The first kappa shape index (κ1) is 18.6. The first-order valence-corrected chi connectivity index (χ1v) is 8.33. The van der Waals surface area contributed by atoms with Crippen LogP contribution in [0.15, 0.2) is 30.9 Å². The molecule has 0 unspecified atom stereocenters. The number of allylic oxidation sites excluding steroid dienone is 1. The fraction of sp³-hybridized carbons (Fsp3) is 0.579. The van der Waals surface area contributed by atoms with Crippen LogP contribution in [0.5, 0.6) is 11.5 Å². The van der Waals surface area contributed by atoms with E-state index in [1.807, 2.05) is 24.3 Å². The van der Waals surface area contributed by atoms with E-state index in [1.165, 1.54) is 38.5 Å². The summed E-state index contributed by atoms with van der Waals surface area (Å²) >= 11 is 0. The third kappa shape index (κ3) is 7.51. The van der Waals surface area contributed by atoms with Crippen LogP contribution in [-0.4, -0.2) is 18.8 Å². The molecule has 0 bridgehead atoms. The van der Waals surface area contributed by atoms with E-state index in [0.717, 1.165) is 24.2 Å². The van der Waals surface area contributed by atoms with Crippen molar-refractivity contribution in [2.24, 2.45) is 0 Å². The molecule has 124 valence electrons. The number of aliphatic hydroxyl groups excluding tert-OH is 1. The maximum Gasteiger partial charge on any atom is 0.161 e. The third-order valence-electron chi connectivity index (χ3n) is 3.72. The first-order chi connectivity index (χ1) is 10.8. The Balaban J connectivity index is 2.10. The molecule has 0 amide bonds. The number of ether oxygens (including phenoxy) is 2. The summed E-state index contributed by atoms with van der Waals surface area (Å²) in [7, 11) is 1.62. The van der Waals surface area contributed by atoms with Gasteiger partial charge in [0.15, 0.2) is 11.5 Å². The highest BCUT2D eigenvalue weighted by molar-refractivity contribution is 5.42. The number of rotatable bonds is 13. The fourth-order valence-corrected chi connectivity index (χ4v) is 2.39. The Hall–Kier alpha value is -1.48. The summed E-state index contributed by atoms with van der Waals surface area (Å²) in [4.78, 5) is 0. The van der Waals surface area contributed by atoms with Gasteiger partial charge in [-0.1, -0.05) is 44.2 Å². The monoisotopic (exact) mass is 306 g/mol. The van der Waals surface area contributed by atoms with Gasteiger partial charge in [0.25, 0.3) is 0 Å². The molecule has 0 spiro atoms. The summed E-state index contributed by atoms with van der Waals surface area (Å²) < 4.78 is 11.1. The van der Waals surface area contributed by atoms with Gasteiger partial charge in [0.05, 0.1) is 20.3 Å². The summed E-state index contributed by atoms with van der Waals surface area (Å²) in [5, 5.41) is 9.11. The molecule has 0 aliphatic carbocycles. The van der Waals surface area contributed by atoms with Crippen molar-refractivity contribution in [2.45, 2.75) is 58.0 Å². The molecule has 0 aromatic heterocycles. The molecule has 0 aliphatic heterocycles. The van der Waals surface area contributed by atoms with E-state index < -0.39 is 0 Å². The zero-order valence-corrected chi connectivity index (χ0v) is 13.9. The predicted molar refractivity (Wildman–Crippen MR) is 91.5 cm³/mol. The summed E-state index contributed by atoms with van der Waals surface area (Å²) in [6.07, 6.45) is 11.9. The average molecular weight is 306 g/mol. The molecule has 0 radical (unpaired) electrons. The summed E-state index contributed by atoms with van der Waals surface area (Å²) in [6.45, 7) is 4.47. The maximum atomic E-state index is 9.11. The highest BCUT2D eigenvalue weighted by atomic mass is 16.5. The summed E-state index contributed by atoms with van der Waals surface area (Å²) in [5.74, 6) is 1.44.